The lowest BCUT2D eigenvalue weighted by Gasteiger charge is -2.22. The van der Waals surface area contributed by atoms with E-state index in [0.717, 1.165) is 31.1 Å². The Hall–Kier alpha value is -0.370. The van der Waals surface area contributed by atoms with Crippen LogP contribution in [0.15, 0.2) is 0 Å². The number of hydrogen-bond acceptors (Lipinski definition) is 2. The van der Waals surface area contributed by atoms with Gasteiger partial charge >= 0.3 is 0 Å². The summed E-state index contributed by atoms with van der Waals surface area (Å²) >= 11 is 0. The van der Waals surface area contributed by atoms with Gasteiger partial charge in [-0.2, -0.15) is 0 Å². The van der Waals surface area contributed by atoms with E-state index >= 15 is 0 Å². The average molecular weight is 197 g/mol. The molecule has 0 N–H and O–H groups in total. The van der Waals surface area contributed by atoms with E-state index in [1.165, 1.54) is 32.2 Å². The van der Waals surface area contributed by atoms with Crippen LogP contribution in [0.2, 0.25) is 0 Å². The Morgan fingerprint density at radius 3 is 2.93 bits per heavy atom. The summed E-state index contributed by atoms with van der Waals surface area (Å²) in [6.45, 7) is 3.59. The highest BCUT2D eigenvalue weighted by Crippen LogP contribution is 2.23. The van der Waals surface area contributed by atoms with Crippen LogP contribution in [0, 0.1) is 5.92 Å². The number of nitrogens with zero attached hydrogens (tertiary/aromatic N) is 1. The van der Waals surface area contributed by atoms with E-state index in [1.54, 1.807) is 0 Å². The molecule has 0 aliphatic carbocycles. The van der Waals surface area contributed by atoms with Crippen LogP contribution in [0.3, 0.4) is 0 Å². The van der Waals surface area contributed by atoms with Crippen LogP contribution in [0.1, 0.15) is 45.4 Å². The molecule has 1 fully saturated rings. The first kappa shape index (κ1) is 11.7. The van der Waals surface area contributed by atoms with Gasteiger partial charge in [-0.1, -0.05) is 13.3 Å². The van der Waals surface area contributed by atoms with Crippen LogP contribution >= 0.6 is 0 Å². The van der Waals surface area contributed by atoms with E-state index in [4.69, 9.17) is 0 Å². The van der Waals surface area contributed by atoms with E-state index < -0.39 is 0 Å². The van der Waals surface area contributed by atoms with Gasteiger partial charge in [-0.05, 0) is 45.2 Å². The predicted molar refractivity (Wildman–Crippen MR) is 59.3 cm³/mol. The number of likely N-dealkylation sites (tertiary alicyclic amines) is 1. The summed E-state index contributed by atoms with van der Waals surface area (Å²) < 4.78 is 0. The van der Waals surface area contributed by atoms with Crippen molar-refractivity contribution in [3.05, 3.63) is 0 Å². The maximum Gasteiger partial charge on any atom is 0.119 e. The minimum absolute atomic E-state index is 0.741. The van der Waals surface area contributed by atoms with Crippen LogP contribution in [0.5, 0.6) is 0 Å². The molecule has 1 heterocycles. The quantitative estimate of drug-likeness (QED) is 0.481. The molecule has 1 unspecified atom stereocenters. The summed E-state index contributed by atoms with van der Waals surface area (Å²) in [7, 11) is 2.23. The molecule has 82 valence electrons. The Morgan fingerprint density at radius 1 is 1.57 bits per heavy atom. The summed E-state index contributed by atoms with van der Waals surface area (Å²) in [6, 6.07) is 0.807. The Morgan fingerprint density at radius 2 is 2.36 bits per heavy atom. The first-order valence-electron chi connectivity index (χ1n) is 5.88. The van der Waals surface area contributed by atoms with Gasteiger partial charge in [-0.25, -0.2) is 0 Å². The molecule has 0 aromatic rings. The van der Waals surface area contributed by atoms with Gasteiger partial charge in [-0.15, -0.1) is 0 Å². The normalized spacial score (nSPS) is 25.1. The maximum absolute atomic E-state index is 10.2. The number of rotatable bonds is 6. The molecule has 2 nitrogen and oxygen atoms in total. The second-order valence-electron chi connectivity index (χ2n) is 4.72. The zero-order chi connectivity index (χ0) is 10.4. The monoisotopic (exact) mass is 197 g/mol. The first-order valence-corrected chi connectivity index (χ1v) is 5.88. The molecule has 0 bridgehead atoms. The van der Waals surface area contributed by atoms with Gasteiger partial charge in [0, 0.05) is 12.5 Å². The van der Waals surface area contributed by atoms with Gasteiger partial charge in [0.05, 0.1) is 0 Å². The summed E-state index contributed by atoms with van der Waals surface area (Å²) in [5, 5.41) is 0. The molecule has 0 radical (unpaired) electrons. The van der Waals surface area contributed by atoms with Crippen LogP contribution in [-0.4, -0.2) is 30.8 Å². The van der Waals surface area contributed by atoms with Crippen molar-refractivity contribution in [2.75, 3.05) is 13.6 Å². The highest BCUT2D eigenvalue weighted by molar-refractivity contribution is 5.48. The Labute approximate surface area is 87.7 Å². The second kappa shape index (κ2) is 6.18. The lowest BCUT2D eigenvalue weighted by molar-refractivity contribution is -0.107. The van der Waals surface area contributed by atoms with Crippen molar-refractivity contribution < 1.29 is 4.79 Å². The van der Waals surface area contributed by atoms with Crippen LogP contribution in [0.25, 0.3) is 0 Å². The van der Waals surface area contributed by atoms with Crippen molar-refractivity contribution in [2.24, 2.45) is 5.92 Å². The molecule has 14 heavy (non-hydrogen) atoms. The highest BCUT2D eigenvalue weighted by atomic mass is 16.1. The summed E-state index contributed by atoms with van der Waals surface area (Å²) in [5.74, 6) is 0.778. The van der Waals surface area contributed by atoms with E-state index in [2.05, 4.69) is 18.9 Å². The zero-order valence-electron chi connectivity index (χ0n) is 9.54. The van der Waals surface area contributed by atoms with Gasteiger partial charge in [0.2, 0.25) is 0 Å². The Bertz CT molecular complexity index is 170. The number of unbranched alkanes of at least 4 members (excludes halogenated alkanes) is 1. The number of aldehydes is 1. The molecular formula is C12H23NO. The number of hydrogen-bond donors (Lipinski definition) is 0. The predicted octanol–water partition coefficient (Wildman–Crippen LogP) is 2.48. The van der Waals surface area contributed by atoms with Crippen molar-refractivity contribution in [1.82, 2.24) is 4.90 Å². The van der Waals surface area contributed by atoms with E-state index in [9.17, 15) is 4.79 Å². The van der Waals surface area contributed by atoms with Gasteiger partial charge in [0.15, 0.2) is 0 Å². The van der Waals surface area contributed by atoms with Gasteiger partial charge in [-0.3, -0.25) is 0 Å². The van der Waals surface area contributed by atoms with Crippen LogP contribution < -0.4 is 0 Å². The third kappa shape index (κ3) is 3.79. The Balaban J connectivity index is 2.12. The van der Waals surface area contributed by atoms with Gasteiger partial charge in [0.25, 0.3) is 0 Å². The molecule has 1 rings (SSSR count). The van der Waals surface area contributed by atoms with E-state index in [0.29, 0.717) is 0 Å². The van der Waals surface area contributed by atoms with Crippen LogP contribution in [-0.2, 0) is 4.79 Å². The van der Waals surface area contributed by atoms with Gasteiger partial charge in [0.1, 0.15) is 6.29 Å². The van der Waals surface area contributed by atoms with Crippen LogP contribution in [0.4, 0.5) is 0 Å². The molecule has 1 aliphatic rings. The molecule has 2 heteroatoms. The maximum atomic E-state index is 10.2. The SMILES string of the molecule is CC(CCCC=O)C[C@H]1CCCN1C. The van der Waals surface area contributed by atoms with E-state index in [1.807, 2.05) is 0 Å². The molecule has 2 atom stereocenters. The third-order valence-corrected chi connectivity index (χ3v) is 3.36. The minimum atomic E-state index is 0.741. The summed E-state index contributed by atoms with van der Waals surface area (Å²) in [6.07, 6.45) is 8.11. The average Bonchev–Trinajstić information content (AvgIpc) is 2.52. The molecule has 0 aromatic heterocycles. The lowest BCUT2D eigenvalue weighted by Crippen LogP contribution is -2.26. The van der Waals surface area contributed by atoms with Crippen molar-refractivity contribution in [3.8, 4) is 0 Å². The number of carbonyl (C=O) groups is 1. The zero-order valence-corrected chi connectivity index (χ0v) is 9.54. The standard InChI is InChI=1S/C12H23NO/c1-11(6-3-4-9-14)10-12-7-5-8-13(12)2/h9,11-12H,3-8,10H2,1-2H3/t11?,12-/m1/s1. The fraction of sp³-hybridized carbons (Fsp3) is 0.917. The molecule has 1 aliphatic heterocycles. The first-order chi connectivity index (χ1) is 6.74. The molecule has 1 saturated heterocycles. The van der Waals surface area contributed by atoms with E-state index in [-0.39, 0.29) is 0 Å². The molecule has 0 aromatic carbocycles. The molecule has 0 amide bonds. The minimum Gasteiger partial charge on any atom is -0.303 e. The topological polar surface area (TPSA) is 20.3 Å². The fourth-order valence-electron chi connectivity index (χ4n) is 2.41. The highest BCUT2D eigenvalue weighted by Gasteiger charge is 2.22. The number of carbonyl (C=O) groups excluding carboxylic acids is 1. The third-order valence-electron chi connectivity index (χ3n) is 3.36. The summed E-state index contributed by atoms with van der Waals surface area (Å²) in [4.78, 5) is 12.7. The summed E-state index contributed by atoms with van der Waals surface area (Å²) in [5.41, 5.74) is 0. The smallest absolute Gasteiger partial charge is 0.119 e. The van der Waals surface area contributed by atoms with Crippen molar-refractivity contribution in [3.63, 3.8) is 0 Å². The molecule has 0 spiro atoms. The fourth-order valence-corrected chi connectivity index (χ4v) is 2.41. The van der Waals surface area contributed by atoms with Crippen molar-refractivity contribution in [1.29, 1.82) is 0 Å². The molecular weight excluding hydrogens is 174 g/mol. The Kier molecular flexibility index (Phi) is 5.16. The van der Waals surface area contributed by atoms with Gasteiger partial charge < -0.3 is 9.69 Å². The second-order valence-corrected chi connectivity index (χ2v) is 4.72. The van der Waals surface area contributed by atoms with Crippen molar-refractivity contribution >= 4 is 6.29 Å². The largest absolute Gasteiger partial charge is 0.303 e. The molecule has 0 saturated carbocycles. The lowest BCUT2D eigenvalue weighted by atomic mass is 9.95. The van der Waals surface area contributed by atoms with Crippen molar-refractivity contribution in [2.45, 2.75) is 51.5 Å².